The van der Waals surface area contributed by atoms with Gasteiger partial charge in [-0.05, 0) is 19.3 Å². The van der Waals surface area contributed by atoms with Gasteiger partial charge in [-0.2, -0.15) is 0 Å². The fourth-order valence-electron chi connectivity index (χ4n) is 1.52. The quantitative estimate of drug-likeness (QED) is 0.238. The van der Waals surface area contributed by atoms with E-state index in [2.05, 4.69) is 26.2 Å². The molecule has 0 unspecified atom stereocenters. The number of rotatable bonds is 12. The second-order valence-corrected chi connectivity index (χ2v) is 4.64. The van der Waals surface area contributed by atoms with Gasteiger partial charge < -0.3 is 9.47 Å². The van der Waals surface area contributed by atoms with E-state index >= 15 is 0 Å². The molecule has 0 saturated carbocycles. The van der Waals surface area contributed by atoms with Crippen LogP contribution < -0.4 is 0 Å². The molecule has 0 aliphatic heterocycles. The zero-order valence-electron chi connectivity index (χ0n) is 12.9. The largest absolute Gasteiger partial charge is 0.462 e. The number of unbranched alkanes of at least 4 members (excludes halogenated alkanes) is 3. The Bertz CT molecular complexity index is 369. The number of ether oxygens (including phenoxy) is 2. The van der Waals surface area contributed by atoms with Crippen LogP contribution in [0.15, 0.2) is 37.0 Å². The van der Waals surface area contributed by atoms with Crippen molar-refractivity contribution in [3.63, 3.8) is 0 Å². The van der Waals surface area contributed by atoms with Crippen molar-refractivity contribution in [1.29, 1.82) is 0 Å². The summed E-state index contributed by atoms with van der Waals surface area (Å²) in [5, 5.41) is 0. The first-order chi connectivity index (χ1) is 10.1. The highest BCUT2D eigenvalue weighted by Crippen LogP contribution is 2.04. The number of hydrogen-bond donors (Lipinski definition) is 0. The first-order valence-corrected chi connectivity index (χ1v) is 7.38. The maximum Gasteiger partial charge on any atom is 0.334 e. The van der Waals surface area contributed by atoms with E-state index < -0.39 is 11.9 Å². The zero-order valence-corrected chi connectivity index (χ0v) is 12.9. The second kappa shape index (κ2) is 13.2. The first-order valence-electron chi connectivity index (χ1n) is 7.38. The molecule has 0 spiro atoms. The Balaban J connectivity index is 3.71. The van der Waals surface area contributed by atoms with Crippen LogP contribution in [0.1, 0.15) is 45.4 Å². The van der Waals surface area contributed by atoms with Crippen LogP contribution in [-0.2, 0) is 19.1 Å². The fourth-order valence-corrected chi connectivity index (χ4v) is 1.52. The van der Waals surface area contributed by atoms with Gasteiger partial charge >= 0.3 is 11.9 Å². The molecule has 0 rings (SSSR count). The fraction of sp³-hybridized carbons (Fsp3) is 0.529. The SMILES string of the molecule is C=CCOC(=O)CC(=C)C(=O)OCCC=CCCCCC. The van der Waals surface area contributed by atoms with Gasteiger partial charge in [0, 0.05) is 5.57 Å². The molecule has 4 nitrogen and oxygen atoms in total. The van der Waals surface area contributed by atoms with Gasteiger partial charge in [0.15, 0.2) is 0 Å². The lowest BCUT2D eigenvalue weighted by molar-refractivity contribution is -0.145. The molecule has 0 N–H and O–H groups in total. The number of esters is 2. The summed E-state index contributed by atoms with van der Waals surface area (Å²) in [5.74, 6) is -1.06. The van der Waals surface area contributed by atoms with Crippen molar-refractivity contribution in [2.75, 3.05) is 13.2 Å². The van der Waals surface area contributed by atoms with Crippen molar-refractivity contribution >= 4 is 11.9 Å². The van der Waals surface area contributed by atoms with Gasteiger partial charge in [0.2, 0.25) is 0 Å². The third kappa shape index (κ3) is 11.7. The number of carbonyl (C=O) groups excluding carboxylic acids is 2. The highest BCUT2D eigenvalue weighted by Gasteiger charge is 2.13. The van der Waals surface area contributed by atoms with Crippen LogP contribution in [0.3, 0.4) is 0 Å². The Kier molecular flexibility index (Phi) is 12.0. The molecule has 0 radical (unpaired) electrons. The van der Waals surface area contributed by atoms with Crippen LogP contribution in [0.2, 0.25) is 0 Å². The zero-order chi connectivity index (χ0) is 15.9. The molecule has 4 heteroatoms. The standard InChI is InChI=1S/C17H26O4/c1-4-6-7-8-9-10-11-13-21-17(19)15(3)14-16(18)20-12-5-2/h5,9-10H,2-4,6-8,11-14H2,1H3. The van der Waals surface area contributed by atoms with Gasteiger partial charge in [-0.1, -0.05) is 51.2 Å². The number of carbonyl (C=O) groups is 2. The van der Waals surface area contributed by atoms with Crippen molar-refractivity contribution in [2.24, 2.45) is 0 Å². The van der Waals surface area contributed by atoms with E-state index in [4.69, 9.17) is 9.47 Å². The minimum atomic E-state index is -0.551. The summed E-state index contributed by atoms with van der Waals surface area (Å²) in [6.07, 6.45) is 10.8. The summed E-state index contributed by atoms with van der Waals surface area (Å²) in [6.45, 7) is 9.56. The van der Waals surface area contributed by atoms with E-state index in [9.17, 15) is 9.59 Å². The van der Waals surface area contributed by atoms with Crippen molar-refractivity contribution < 1.29 is 19.1 Å². The van der Waals surface area contributed by atoms with Crippen molar-refractivity contribution in [3.8, 4) is 0 Å². The molecule has 0 atom stereocenters. The maximum absolute atomic E-state index is 11.6. The topological polar surface area (TPSA) is 52.6 Å². The van der Waals surface area contributed by atoms with Gasteiger partial charge in [-0.25, -0.2) is 4.79 Å². The molecular formula is C17H26O4. The van der Waals surface area contributed by atoms with E-state index in [-0.39, 0.29) is 18.6 Å². The van der Waals surface area contributed by atoms with Crippen molar-refractivity contribution in [3.05, 3.63) is 37.0 Å². The lowest BCUT2D eigenvalue weighted by Gasteiger charge is -2.05. The Morgan fingerprint density at radius 3 is 2.48 bits per heavy atom. The summed E-state index contributed by atoms with van der Waals surface area (Å²) < 4.78 is 9.78. The lowest BCUT2D eigenvalue weighted by Crippen LogP contribution is -2.13. The predicted molar refractivity (Wildman–Crippen MR) is 83.8 cm³/mol. The molecule has 0 fully saturated rings. The van der Waals surface area contributed by atoms with E-state index in [0.29, 0.717) is 13.0 Å². The van der Waals surface area contributed by atoms with E-state index in [1.54, 1.807) is 0 Å². The first kappa shape index (κ1) is 19.2. The van der Waals surface area contributed by atoms with E-state index in [0.717, 1.165) is 6.42 Å². The monoisotopic (exact) mass is 294 g/mol. The normalized spacial score (nSPS) is 10.3. The third-order valence-electron chi connectivity index (χ3n) is 2.67. The average Bonchev–Trinajstić information content (AvgIpc) is 2.47. The molecule has 0 bridgehead atoms. The van der Waals surface area contributed by atoms with Crippen LogP contribution >= 0.6 is 0 Å². The van der Waals surface area contributed by atoms with E-state index in [1.807, 2.05) is 6.08 Å². The highest BCUT2D eigenvalue weighted by molar-refractivity contribution is 5.93. The summed E-state index contributed by atoms with van der Waals surface area (Å²) in [4.78, 5) is 22.8. The summed E-state index contributed by atoms with van der Waals surface area (Å²) in [7, 11) is 0. The van der Waals surface area contributed by atoms with Gasteiger partial charge in [0.25, 0.3) is 0 Å². The Hall–Kier alpha value is -1.84. The summed E-state index contributed by atoms with van der Waals surface area (Å²) >= 11 is 0. The Morgan fingerprint density at radius 2 is 1.81 bits per heavy atom. The van der Waals surface area contributed by atoms with Crippen LogP contribution in [-0.4, -0.2) is 25.2 Å². The number of hydrogen-bond acceptors (Lipinski definition) is 4. The van der Waals surface area contributed by atoms with Gasteiger partial charge in [0.05, 0.1) is 13.0 Å². The van der Waals surface area contributed by atoms with Crippen LogP contribution in [0.5, 0.6) is 0 Å². The maximum atomic E-state index is 11.6. The van der Waals surface area contributed by atoms with E-state index in [1.165, 1.54) is 25.3 Å². The number of allylic oxidation sites excluding steroid dienone is 1. The molecule has 0 saturated heterocycles. The average molecular weight is 294 g/mol. The summed E-state index contributed by atoms with van der Waals surface area (Å²) in [6, 6.07) is 0. The molecule has 0 aliphatic carbocycles. The van der Waals surface area contributed by atoms with Gasteiger partial charge in [-0.15, -0.1) is 0 Å². The molecule has 0 aromatic rings. The summed E-state index contributed by atoms with van der Waals surface area (Å²) in [5.41, 5.74) is 0.107. The molecule has 0 heterocycles. The minimum absolute atomic E-state index is 0.107. The molecule has 0 amide bonds. The minimum Gasteiger partial charge on any atom is -0.462 e. The Morgan fingerprint density at radius 1 is 1.10 bits per heavy atom. The highest BCUT2D eigenvalue weighted by atomic mass is 16.5. The predicted octanol–water partition coefficient (Wildman–Crippen LogP) is 3.73. The molecular weight excluding hydrogens is 268 g/mol. The van der Waals surface area contributed by atoms with Gasteiger partial charge in [0.1, 0.15) is 6.61 Å². The molecule has 118 valence electrons. The van der Waals surface area contributed by atoms with Crippen LogP contribution in [0.25, 0.3) is 0 Å². The van der Waals surface area contributed by atoms with Crippen molar-refractivity contribution in [1.82, 2.24) is 0 Å². The smallest absolute Gasteiger partial charge is 0.334 e. The molecule has 0 aliphatic rings. The van der Waals surface area contributed by atoms with Gasteiger partial charge in [-0.3, -0.25) is 4.79 Å². The van der Waals surface area contributed by atoms with Crippen LogP contribution in [0.4, 0.5) is 0 Å². The van der Waals surface area contributed by atoms with Crippen molar-refractivity contribution in [2.45, 2.75) is 45.4 Å². The Labute approximate surface area is 127 Å². The third-order valence-corrected chi connectivity index (χ3v) is 2.67. The molecule has 21 heavy (non-hydrogen) atoms. The second-order valence-electron chi connectivity index (χ2n) is 4.64. The van der Waals surface area contributed by atoms with Crippen LogP contribution in [0, 0.1) is 0 Å². The molecule has 0 aromatic heterocycles. The molecule has 0 aromatic carbocycles. The lowest BCUT2D eigenvalue weighted by atomic mass is 10.2.